The average Bonchev–Trinajstić information content (AvgIpc) is 3.39. The van der Waals surface area contributed by atoms with Crippen molar-refractivity contribution in [2.24, 2.45) is 0 Å². The number of nitrogens with zero attached hydrogens (tertiary/aromatic N) is 1. The number of ether oxygens (including phenoxy) is 3. The molecule has 0 spiro atoms. The van der Waals surface area contributed by atoms with E-state index in [1.54, 1.807) is 30.3 Å². The Morgan fingerprint density at radius 2 is 2.03 bits per heavy atom. The predicted molar refractivity (Wildman–Crippen MR) is 116 cm³/mol. The normalized spacial score (nSPS) is 17.1. The summed E-state index contributed by atoms with van der Waals surface area (Å²) in [5.74, 6) is -1.28. The van der Waals surface area contributed by atoms with Crippen molar-refractivity contribution in [2.75, 3.05) is 26.6 Å². The second kappa shape index (κ2) is 9.91. The third kappa shape index (κ3) is 4.63. The number of hydrogen-bond acceptors (Lipinski definition) is 6. The van der Waals surface area contributed by atoms with Crippen LogP contribution in [0, 0.1) is 5.82 Å². The summed E-state index contributed by atoms with van der Waals surface area (Å²) in [4.78, 5) is 27.6. The highest BCUT2D eigenvalue weighted by Crippen LogP contribution is 2.46. The number of carbonyl (C=O) groups excluding carboxylic acids is 2. The number of aliphatic hydroxyl groups excluding tert-OH is 1. The number of hydrogen-bond donors (Lipinski definition) is 2. The molecule has 174 valence electrons. The minimum atomic E-state index is -0.857. The van der Waals surface area contributed by atoms with Crippen LogP contribution in [0.1, 0.15) is 30.5 Å². The Bertz CT molecular complexity index is 1070. The van der Waals surface area contributed by atoms with Gasteiger partial charge in [-0.1, -0.05) is 24.3 Å². The second-order valence-corrected chi connectivity index (χ2v) is 7.60. The fourth-order valence-electron chi connectivity index (χ4n) is 3.97. The zero-order valence-electron chi connectivity index (χ0n) is 18.2. The molecule has 2 heterocycles. The lowest BCUT2D eigenvalue weighted by atomic mass is 9.97. The van der Waals surface area contributed by atoms with Crippen molar-refractivity contribution in [2.45, 2.75) is 25.9 Å². The van der Waals surface area contributed by atoms with E-state index < -0.39 is 23.6 Å². The largest absolute Gasteiger partial charge is 0.503 e. The van der Waals surface area contributed by atoms with Gasteiger partial charge < -0.3 is 29.5 Å². The summed E-state index contributed by atoms with van der Waals surface area (Å²) in [5.41, 5.74) is 1.16. The van der Waals surface area contributed by atoms with Crippen molar-refractivity contribution in [1.82, 2.24) is 10.2 Å². The molecule has 2 aromatic carbocycles. The Kier molecular flexibility index (Phi) is 6.79. The first-order valence-corrected chi connectivity index (χ1v) is 10.7. The molecule has 0 bridgehead atoms. The molecule has 8 nitrogen and oxygen atoms in total. The third-order valence-electron chi connectivity index (χ3n) is 5.53. The number of rotatable bonds is 9. The molecule has 33 heavy (non-hydrogen) atoms. The monoisotopic (exact) mass is 456 g/mol. The summed E-state index contributed by atoms with van der Waals surface area (Å²) in [6.07, 6.45) is 0.528. The molecule has 0 aromatic heterocycles. The number of fused-ring (bicyclic) bond motifs is 1. The molecule has 9 heteroatoms. The SMILES string of the molecule is CCOCCCN1C(=O)C(O)=C(C(=O)NCc2ccc(F)cc2)C1c1cccc2c1OCO2. The highest BCUT2D eigenvalue weighted by molar-refractivity contribution is 6.08. The lowest BCUT2D eigenvalue weighted by molar-refractivity contribution is -0.129. The molecule has 2 aliphatic heterocycles. The van der Waals surface area contributed by atoms with Crippen LogP contribution in [0.25, 0.3) is 0 Å². The number of carbonyl (C=O) groups is 2. The van der Waals surface area contributed by atoms with Gasteiger partial charge >= 0.3 is 0 Å². The van der Waals surface area contributed by atoms with Crippen LogP contribution in [0.4, 0.5) is 4.39 Å². The van der Waals surface area contributed by atoms with E-state index in [0.29, 0.717) is 42.3 Å². The summed E-state index contributed by atoms with van der Waals surface area (Å²) in [6, 6.07) is 10.1. The summed E-state index contributed by atoms with van der Waals surface area (Å²) in [7, 11) is 0. The van der Waals surface area contributed by atoms with Gasteiger partial charge in [0.05, 0.1) is 11.6 Å². The van der Waals surface area contributed by atoms with Crippen LogP contribution in [-0.4, -0.2) is 48.4 Å². The van der Waals surface area contributed by atoms with Crippen molar-refractivity contribution in [1.29, 1.82) is 0 Å². The molecule has 1 unspecified atom stereocenters. The maximum absolute atomic E-state index is 13.2. The van der Waals surface area contributed by atoms with Gasteiger partial charge in [-0.05, 0) is 37.1 Å². The van der Waals surface area contributed by atoms with Crippen LogP contribution in [0.3, 0.4) is 0 Å². The smallest absolute Gasteiger partial charge is 0.290 e. The highest BCUT2D eigenvalue weighted by Gasteiger charge is 2.45. The van der Waals surface area contributed by atoms with Crippen LogP contribution < -0.4 is 14.8 Å². The molecule has 2 aliphatic rings. The van der Waals surface area contributed by atoms with Crippen molar-refractivity contribution in [3.8, 4) is 11.5 Å². The van der Waals surface area contributed by atoms with Crippen molar-refractivity contribution >= 4 is 11.8 Å². The Balaban J connectivity index is 1.62. The first-order valence-electron chi connectivity index (χ1n) is 10.7. The van der Waals surface area contributed by atoms with E-state index in [1.165, 1.54) is 17.0 Å². The quantitative estimate of drug-likeness (QED) is 0.563. The number of nitrogens with one attached hydrogen (secondary N) is 1. The van der Waals surface area contributed by atoms with Crippen molar-refractivity contribution in [3.63, 3.8) is 0 Å². The van der Waals surface area contributed by atoms with E-state index in [1.807, 2.05) is 6.92 Å². The number of amides is 2. The molecule has 0 aliphatic carbocycles. The molecule has 0 radical (unpaired) electrons. The number of aliphatic hydroxyl groups is 1. The van der Waals surface area contributed by atoms with E-state index in [9.17, 15) is 19.1 Å². The van der Waals surface area contributed by atoms with E-state index in [2.05, 4.69) is 5.32 Å². The van der Waals surface area contributed by atoms with E-state index in [0.717, 1.165) is 0 Å². The lowest BCUT2D eigenvalue weighted by Crippen LogP contribution is -2.34. The predicted octanol–water partition coefficient (Wildman–Crippen LogP) is 2.99. The van der Waals surface area contributed by atoms with E-state index in [4.69, 9.17) is 14.2 Å². The van der Waals surface area contributed by atoms with Crippen LogP contribution >= 0.6 is 0 Å². The van der Waals surface area contributed by atoms with Gasteiger partial charge in [-0.3, -0.25) is 9.59 Å². The number of halogens is 1. The molecule has 4 rings (SSSR count). The number of benzene rings is 2. The van der Waals surface area contributed by atoms with Gasteiger partial charge in [0.1, 0.15) is 5.82 Å². The van der Waals surface area contributed by atoms with Gasteiger partial charge in [0, 0.05) is 31.9 Å². The molecular formula is C24H25FN2O6. The topological polar surface area (TPSA) is 97.3 Å². The second-order valence-electron chi connectivity index (χ2n) is 7.60. The van der Waals surface area contributed by atoms with Gasteiger partial charge in [0.2, 0.25) is 6.79 Å². The maximum atomic E-state index is 13.2. The molecule has 1 atom stereocenters. The molecule has 0 saturated heterocycles. The summed E-state index contributed by atoms with van der Waals surface area (Å²) < 4.78 is 29.6. The summed E-state index contributed by atoms with van der Waals surface area (Å²) in [5, 5.41) is 13.4. The van der Waals surface area contributed by atoms with Gasteiger partial charge in [0.15, 0.2) is 17.3 Å². The first-order chi connectivity index (χ1) is 16.0. The molecule has 2 amide bonds. The summed E-state index contributed by atoms with van der Waals surface area (Å²) in [6.45, 7) is 3.27. The van der Waals surface area contributed by atoms with E-state index in [-0.39, 0.29) is 31.3 Å². The zero-order valence-corrected chi connectivity index (χ0v) is 18.2. The van der Waals surface area contributed by atoms with Gasteiger partial charge in [0.25, 0.3) is 11.8 Å². The van der Waals surface area contributed by atoms with E-state index >= 15 is 0 Å². The highest BCUT2D eigenvalue weighted by atomic mass is 19.1. The molecular weight excluding hydrogens is 431 g/mol. The van der Waals surface area contributed by atoms with Crippen molar-refractivity contribution < 1.29 is 33.3 Å². The Labute approximate surface area is 190 Å². The first kappa shape index (κ1) is 22.6. The zero-order chi connectivity index (χ0) is 23.4. The van der Waals surface area contributed by atoms with Crippen molar-refractivity contribution in [3.05, 3.63) is 70.7 Å². The third-order valence-corrected chi connectivity index (χ3v) is 5.53. The van der Waals surface area contributed by atoms with Crippen LogP contribution in [0.5, 0.6) is 11.5 Å². The maximum Gasteiger partial charge on any atom is 0.290 e. The minimum absolute atomic E-state index is 0.0269. The summed E-state index contributed by atoms with van der Waals surface area (Å²) >= 11 is 0. The standard InChI is InChI=1S/C24H25FN2O6/c1-2-31-12-4-11-27-20(17-5-3-6-18-22(17)33-14-32-18)19(21(28)24(27)30)23(29)26-13-15-7-9-16(25)10-8-15/h3,5-10,20,28H,2,4,11-14H2,1H3,(H,26,29). The van der Waals surface area contributed by atoms with Crippen LogP contribution in [0.2, 0.25) is 0 Å². The molecule has 0 fully saturated rings. The molecule has 0 saturated carbocycles. The van der Waals surface area contributed by atoms with Gasteiger partial charge in [-0.2, -0.15) is 0 Å². The Morgan fingerprint density at radius 3 is 2.79 bits per heavy atom. The fourth-order valence-corrected chi connectivity index (χ4v) is 3.97. The van der Waals surface area contributed by atoms with Gasteiger partial charge in [-0.25, -0.2) is 4.39 Å². The average molecular weight is 456 g/mol. The fraction of sp³-hybridized carbons (Fsp3) is 0.333. The Hall–Kier alpha value is -3.59. The lowest BCUT2D eigenvalue weighted by Gasteiger charge is -2.27. The minimum Gasteiger partial charge on any atom is -0.503 e. The van der Waals surface area contributed by atoms with Gasteiger partial charge in [-0.15, -0.1) is 0 Å². The van der Waals surface area contributed by atoms with Crippen LogP contribution in [-0.2, 0) is 20.9 Å². The number of para-hydroxylation sites is 1. The Morgan fingerprint density at radius 1 is 1.24 bits per heavy atom. The van der Waals surface area contributed by atoms with Crippen LogP contribution in [0.15, 0.2) is 53.8 Å². The molecule has 2 aromatic rings. The molecule has 2 N–H and O–H groups in total.